The maximum Gasteiger partial charge on any atom is 0.251 e. The minimum absolute atomic E-state index is 0.00627. The molecule has 4 rings (SSSR count). The summed E-state index contributed by atoms with van der Waals surface area (Å²) in [5, 5.41) is 17.4. The third-order valence-corrected chi connectivity index (χ3v) is 5.70. The van der Waals surface area contributed by atoms with Crippen molar-refractivity contribution < 1.29 is 14.4 Å². The van der Waals surface area contributed by atoms with Crippen LogP contribution in [0.4, 0.5) is 0 Å². The molecule has 6 nitrogen and oxygen atoms in total. The summed E-state index contributed by atoms with van der Waals surface area (Å²) >= 11 is 0. The molecule has 138 valence electrons. The number of nitrogens with one attached hydrogen (secondary N) is 1. The van der Waals surface area contributed by atoms with Gasteiger partial charge in [-0.3, -0.25) is 4.79 Å². The highest BCUT2D eigenvalue weighted by molar-refractivity contribution is 5.94. The Morgan fingerprint density at radius 2 is 2.04 bits per heavy atom. The highest BCUT2D eigenvalue weighted by Gasteiger charge is 2.38. The number of carbonyl (C=O) groups is 1. The van der Waals surface area contributed by atoms with E-state index in [0.717, 1.165) is 30.7 Å². The predicted molar refractivity (Wildman–Crippen MR) is 96.0 cm³/mol. The topological polar surface area (TPSA) is 88.3 Å². The summed E-state index contributed by atoms with van der Waals surface area (Å²) in [6.07, 6.45) is 3.17. The largest absolute Gasteiger partial charge is 0.393 e. The lowest BCUT2D eigenvalue weighted by molar-refractivity contribution is 0.0916. The van der Waals surface area contributed by atoms with E-state index < -0.39 is 6.10 Å². The lowest BCUT2D eigenvalue weighted by Gasteiger charge is -2.15. The maximum absolute atomic E-state index is 12.4. The smallest absolute Gasteiger partial charge is 0.251 e. The number of carbonyl (C=O) groups excluding carboxylic acids is 1. The van der Waals surface area contributed by atoms with E-state index in [1.807, 2.05) is 32.0 Å². The van der Waals surface area contributed by atoms with E-state index in [0.29, 0.717) is 30.3 Å². The molecule has 0 unspecified atom stereocenters. The van der Waals surface area contributed by atoms with Gasteiger partial charge in [-0.1, -0.05) is 11.2 Å². The van der Waals surface area contributed by atoms with Gasteiger partial charge in [0, 0.05) is 29.9 Å². The number of aryl methyl sites for hydroxylation is 2. The molecule has 26 heavy (non-hydrogen) atoms. The third kappa shape index (κ3) is 3.51. The second-order valence-electron chi connectivity index (χ2n) is 7.77. The fourth-order valence-electron chi connectivity index (χ4n) is 3.65. The Morgan fingerprint density at radius 3 is 2.77 bits per heavy atom. The van der Waals surface area contributed by atoms with Crippen molar-refractivity contribution in [2.24, 2.45) is 5.92 Å². The molecule has 1 aromatic carbocycles. The van der Waals surface area contributed by atoms with Gasteiger partial charge in [0.25, 0.3) is 5.91 Å². The fourth-order valence-corrected chi connectivity index (χ4v) is 3.65. The van der Waals surface area contributed by atoms with Crippen LogP contribution in [0.1, 0.15) is 70.7 Å². The second-order valence-corrected chi connectivity index (χ2v) is 7.77. The van der Waals surface area contributed by atoms with Gasteiger partial charge < -0.3 is 14.9 Å². The predicted octanol–water partition coefficient (Wildman–Crippen LogP) is 2.85. The molecule has 1 amide bonds. The second kappa shape index (κ2) is 6.83. The monoisotopic (exact) mass is 355 g/mol. The molecular weight excluding hydrogens is 330 g/mol. The minimum atomic E-state index is -0.462. The van der Waals surface area contributed by atoms with Gasteiger partial charge in [0.2, 0.25) is 5.89 Å². The standard InChI is InChI=1S/C20H25N3O3/c1-11-3-4-14(7-12(11)2)19(25)21-10-16-8-15(9-17(16)24)20-22-18(23-26-20)13-5-6-13/h3-4,7,13,15-17,24H,5-6,8-10H2,1-2H3,(H,21,25)/t15-,16+,17+/m0/s1. The van der Waals surface area contributed by atoms with Gasteiger partial charge in [-0.15, -0.1) is 0 Å². The summed E-state index contributed by atoms with van der Waals surface area (Å²) in [6.45, 7) is 4.48. The first-order valence-electron chi connectivity index (χ1n) is 9.38. The Hall–Kier alpha value is -2.21. The lowest BCUT2D eigenvalue weighted by Crippen LogP contribution is -2.32. The molecule has 2 saturated carbocycles. The van der Waals surface area contributed by atoms with E-state index in [-0.39, 0.29) is 17.7 Å². The Kier molecular flexibility index (Phi) is 4.53. The van der Waals surface area contributed by atoms with Crippen LogP contribution >= 0.6 is 0 Å². The normalized spacial score (nSPS) is 25.4. The van der Waals surface area contributed by atoms with Gasteiger partial charge in [0.1, 0.15) is 0 Å². The molecule has 2 fully saturated rings. The van der Waals surface area contributed by atoms with Crippen LogP contribution in [0.25, 0.3) is 0 Å². The summed E-state index contributed by atoms with van der Waals surface area (Å²) in [4.78, 5) is 16.9. The molecule has 1 heterocycles. The van der Waals surface area contributed by atoms with Gasteiger partial charge in [0.05, 0.1) is 6.10 Å². The van der Waals surface area contributed by atoms with Crippen LogP contribution in [0.5, 0.6) is 0 Å². The minimum Gasteiger partial charge on any atom is -0.393 e. The fraction of sp³-hybridized carbons (Fsp3) is 0.550. The van der Waals surface area contributed by atoms with Gasteiger partial charge in [-0.25, -0.2) is 0 Å². The number of hydrogen-bond donors (Lipinski definition) is 2. The van der Waals surface area contributed by atoms with Crippen LogP contribution in [-0.2, 0) is 0 Å². The molecule has 0 aliphatic heterocycles. The molecule has 2 aliphatic carbocycles. The number of aliphatic hydroxyl groups is 1. The molecule has 2 N–H and O–H groups in total. The van der Waals surface area contributed by atoms with Gasteiger partial charge >= 0.3 is 0 Å². The Morgan fingerprint density at radius 1 is 1.23 bits per heavy atom. The molecule has 0 saturated heterocycles. The maximum atomic E-state index is 12.4. The lowest BCUT2D eigenvalue weighted by atomic mass is 10.0. The summed E-state index contributed by atoms with van der Waals surface area (Å²) in [5.74, 6) is 1.89. The molecule has 0 radical (unpaired) electrons. The number of hydrogen-bond acceptors (Lipinski definition) is 5. The van der Waals surface area contributed by atoms with Crippen LogP contribution in [0.2, 0.25) is 0 Å². The zero-order valence-electron chi connectivity index (χ0n) is 15.2. The Balaban J connectivity index is 1.34. The van der Waals surface area contributed by atoms with E-state index in [9.17, 15) is 9.90 Å². The van der Waals surface area contributed by atoms with Gasteiger partial charge in [-0.2, -0.15) is 4.98 Å². The molecule has 0 bridgehead atoms. The van der Waals surface area contributed by atoms with Gasteiger partial charge in [0.15, 0.2) is 5.82 Å². The van der Waals surface area contributed by atoms with E-state index in [1.165, 1.54) is 5.56 Å². The van der Waals surface area contributed by atoms with Crippen molar-refractivity contribution in [3.05, 3.63) is 46.6 Å². The Bertz CT molecular complexity index is 812. The van der Waals surface area contributed by atoms with Crippen molar-refractivity contribution in [3.63, 3.8) is 0 Å². The SMILES string of the molecule is Cc1ccc(C(=O)NC[C@H]2C[C@H](c3nc(C4CC4)no3)C[C@H]2O)cc1C. The number of rotatable bonds is 5. The molecule has 2 aromatic rings. The van der Waals surface area contributed by atoms with Crippen LogP contribution in [-0.4, -0.2) is 33.8 Å². The first-order valence-corrected chi connectivity index (χ1v) is 9.38. The highest BCUT2D eigenvalue weighted by Crippen LogP contribution is 2.41. The van der Waals surface area contributed by atoms with Crippen LogP contribution in [0.3, 0.4) is 0 Å². The molecule has 3 atom stereocenters. The van der Waals surface area contributed by atoms with Crippen LogP contribution in [0.15, 0.2) is 22.7 Å². The molecule has 6 heteroatoms. The van der Waals surface area contributed by atoms with E-state index in [1.54, 1.807) is 0 Å². The quantitative estimate of drug-likeness (QED) is 0.861. The van der Waals surface area contributed by atoms with Crippen molar-refractivity contribution in [2.75, 3.05) is 6.54 Å². The highest BCUT2D eigenvalue weighted by atomic mass is 16.5. The summed E-state index contributed by atoms with van der Waals surface area (Å²) < 4.78 is 5.41. The van der Waals surface area contributed by atoms with E-state index in [4.69, 9.17) is 4.52 Å². The van der Waals surface area contributed by atoms with Crippen molar-refractivity contribution >= 4 is 5.91 Å². The Labute approximate surface area is 153 Å². The van der Waals surface area contributed by atoms with E-state index >= 15 is 0 Å². The van der Waals surface area contributed by atoms with Crippen molar-refractivity contribution in [1.29, 1.82) is 0 Å². The summed E-state index contributed by atoms with van der Waals surface area (Å²) in [7, 11) is 0. The average molecular weight is 355 g/mol. The first kappa shape index (κ1) is 17.2. The first-order chi connectivity index (χ1) is 12.5. The van der Waals surface area contributed by atoms with E-state index in [2.05, 4.69) is 15.5 Å². The summed E-state index contributed by atoms with van der Waals surface area (Å²) in [6, 6.07) is 5.69. The third-order valence-electron chi connectivity index (χ3n) is 5.70. The van der Waals surface area contributed by atoms with Crippen molar-refractivity contribution in [2.45, 2.75) is 57.5 Å². The molecule has 1 aromatic heterocycles. The van der Waals surface area contributed by atoms with Crippen molar-refractivity contribution in [3.8, 4) is 0 Å². The zero-order valence-corrected chi connectivity index (χ0v) is 15.2. The molecule has 0 spiro atoms. The number of benzene rings is 1. The molecular formula is C20H25N3O3. The summed E-state index contributed by atoms with van der Waals surface area (Å²) in [5.41, 5.74) is 2.92. The molecule has 2 aliphatic rings. The number of amides is 1. The zero-order chi connectivity index (χ0) is 18.3. The van der Waals surface area contributed by atoms with Gasteiger partial charge in [-0.05, 0) is 62.8 Å². The van der Waals surface area contributed by atoms with Crippen LogP contribution in [0, 0.1) is 19.8 Å². The number of aliphatic hydroxyl groups excluding tert-OH is 1. The van der Waals surface area contributed by atoms with Crippen molar-refractivity contribution in [1.82, 2.24) is 15.5 Å². The van der Waals surface area contributed by atoms with Crippen LogP contribution < -0.4 is 5.32 Å². The number of aromatic nitrogens is 2. The number of nitrogens with zero attached hydrogens (tertiary/aromatic N) is 2. The average Bonchev–Trinajstić information content (AvgIpc) is 3.23.